The summed E-state index contributed by atoms with van der Waals surface area (Å²) in [4.78, 5) is 24.8. The number of rotatable bonds is 7. The number of carbonyl (C=O) groups excluding carboxylic acids is 2. The second kappa shape index (κ2) is 10.2. The van der Waals surface area contributed by atoms with E-state index in [-0.39, 0.29) is 10.9 Å². The first-order chi connectivity index (χ1) is 14.4. The monoisotopic (exact) mass is 453 g/mol. The Hall–Kier alpha value is -1.78. The molecule has 1 aromatic rings. The first kappa shape index (κ1) is 25.5. The van der Waals surface area contributed by atoms with Crippen LogP contribution in [0.1, 0.15) is 38.1 Å². The van der Waals surface area contributed by atoms with Gasteiger partial charge in [-0.1, -0.05) is 39.0 Å². The van der Waals surface area contributed by atoms with E-state index < -0.39 is 51.5 Å². The number of nitrogens with one attached hydrogen (secondary N) is 1. The van der Waals surface area contributed by atoms with Crippen LogP contribution in [0.25, 0.3) is 0 Å². The number of amides is 1. The van der Waals surface area contributed by atoms with E-state index in [9.17, 15) is 14.7 Å². The van der Waals surface area contributed by atoms with Crippen molar-refractivity contribution < 1.29 is 33.3 Å². The molecule has 174 valence electrons. The molecule has 0 radical (unpaired) electrons. The lowest BCUT2D eigenvalue weighted by atomic mass is 9.96. The third-order valence-corrected chi connectivity index (χ3v) is 10.4. The predicted octanol–water partition coefficient (Wildman–Crippen LogP) is 2.47. The molecule has 1 saturated heterocycles. The van der Waals surface area contributed by atoms with Crippen LogP contribution in [0.15, 0.2) is 30.3 Å². The Labute approximate surface area is 185 Å². The number of hydrogen-bond acceptors (Lipinski definition) is 7. The summed E-state index contributed by atoms with van der Waals surface area (Å²) in [5, 5.41) is 12.7. The molecular weight excluding hydrogens is 418 g/mol. The zero-order chi connectivity index (χ0) is 23.4. The van der Waals surface area contributed by atoms with Gasteiger partial charge in [0.15, 0.2) is 20.7 Å². The quantitative estimate of drug-likeness (QED) is 0.483. The van der Waals surface area contributed by atoms with Crippen LogP contribution in [0.5, 0.6) is 0 Å². The van der Waals surface area contributed by atoms with Crippen LogP contribution >= 0.6 is 0 Å². The molecule has 2 N–H and O–H groups in total. The maximum absolute atomic E-state index is 12.8. The number of benzene rings is 1. The van der Waals surface area contributed by atoms with Crippen molar-refractivity contribution in [2.24, 2.45) is 0 Å². The van der Waals surface area contributed by atoms with Crippen LogP contribution in [0.4, 0.5) is 0 Å². The van der Waals surface area contributed by atoms with Crippen molar-refractivity contribution in [2.45, 2.75) is 76.5 Å². The van der Waals surface area contributed by atoms with Gasteiger partial charge in [-0.3, -0.25) is 4.79 Å². The Morgan fingerprint density at radius 3 is 2.26 bits per heavy atom. The van der Waals surface area contributed by atoms with Gasteiger partial charge in [0.1, 0.15) is 18.2 Å². The van der Waals surface area contributed by atoms with E-state index in [2.05, 4.69) is 39.2 Å². The van der Waals surface area contributed by atoms with Crippen molar-refractivity contribution in [1.82, 2.24) is 5.32 Å². The molecule has 0 bridgehead atoms. The highest BCUT2D eigenvalue weighted by molar-refractivity contribution is 6.74. The molecule has 9 heteroatoms. The van der Waals surface area contributed by atoms with Gasteiger partial charge in [-0.25, -0.2) is 4.79 Å². The van der Waals surface area contributed by atoms with E-state index >= 15 is 0 Å². The highest BCUT2D eigenvalue weighted by Crippen LogP contribution is 2.40. The fourth-order valence-corrected chi connectivity index (χ4v) is 4.52. The van der Waals surface area contributed by atoms with E-state index in [0.717, 1.165) is 0 Å². The smallest absolute Gasteiger partial charge is 0.338 e. The van der Waals surface area contributed by atoms with Crippen molar-refractivity contribution in [2.75, 3.05) is 13.7 Å². The van der Waals surface area contributed by atoms with Gasteiger partial charge in [-0.15, -0.1) is 0 Å². The van der Waals surface area contributed by atoms with Crippen molar-refractivity contribution in [1.29, 1.82) is 0 Å². The number of hydrogen-bond donors (Lipinski definition) is 2. The summed E-state index contributed by atoms with van der Waals surface area (Å²) in [6.45, 7) is 11.4. The van der Waals surface area contributed by atoms with Crippen LogP contribution in [-0.2, 0) is 23.4 Å². The molecule has 1 aliphatic rings. The van der Waals surface area contributed by atoms with Gasteiger partial charge in [-0.05, 0) is 30.3 Å². The zero-order valence-electron chi connectivity index (χ0n) is 19.4. The van der Waals surface area contributed by atoms with Gasteiger partial charge in [0, 0.05) is 14.0 Å². The fourth-order valence-electron chi connectivity index (χ4n) is 3.21. The summed E-state index contributed by atoms with van der Waals surface area (Å²) in [5.74, 6) is -0.857. The summed E-state index contributed by atoms with van der Waals surface area (Å²) in [5.41, 5.74) is 0.371. The van der Waals surface area contributed by atoms with E-state index in [0.29, 0.717) is 5.56 Å². The summed E-state index contributed by atoms with van der Waals surface area (Å²) in [6, 6.07) is 7.84. The Kier molecular flexibility index (Phi) is 8.40. The predicted molar refractivity (Wildman–Crippen MR) is 118 cm³/mol. The second-order valence-electron chi connectivity index (χ2n) is 9.27. The molecule has 2 rings (SSSR count). The number of carbonyl (C=O) groups is 2. The molecule has 0 unspecified atom stereocenters. The van der Waals surface area contributed by atoms with Gasteiger partial charge >= 0.3 is 5.97 Å². The minimum absolute atomic E-state index is 0.142. The first-order valence-electron chi connectivity index (χ1n) is 10.4. The molecule has 1 aliphatic heterocycles. The van der Waals surface area contributed by atoms with Crippen molar-refractivity contribution >= 4 is 20.2 Å². The van der Waals surface area contributed by atoms with Gasteiger partial charge in [0.05, 0.1) is 12.2 Å². The number of esters is 1. The number of aliphatic hydroxyl groups excluding tert-OH is 1. The summed E-state index contributed by atoms with van der Waals surface area (Å²) >= 11 is 0. The molecular formula is C22H35NO7Si. The highest BCUT2D eigenvalue weighted by Gasteiger charge is 2.52. The SMILES string of the molecule is CO[C@H]1O[C@H](CO)[C@@H](OC(=O)c2ccccc2)[C@H](O[Si](C)(C)C(C)(C)C)[C@H]1NC(C)=O. The number of methoxy groups -OCH3 is 1. The van der Waals surface area contributed by atoms with Gasteiger partial charge in [0.25, 0.3) is 0 Å². The van der Waals surface area contributed by atoms with Gasteiger partial charge in [0.2, 0.25) is 5.91 Å². The van der Waals surface area contributed by atoms with Crippen molar-refractivity contribution in [3.63, 3.8) is 0 Å². The maximum Gasteiger partial charge on any atom is 0.338 e. The lowest BCUT2D eigenvalue weighted by Crippen LogP contribution is -2.68. The molecule has 5 atom stereocenters. The van der Waals surface area contributed by atoms with E-state index in [4.69, 9.17) is 18.6 Å². The molecule has 0 spiro atoms. The third-order valence-electron chi connectivity index (χ3n) is 5.92. The summed E-state index contributed by atoms with van der Waals surface area (Å²) in [6.07, 6.45) is -3.47. The minimum Gasteiger partial charge on any atom is -0.453 e. The van der Waals surface area contributed by atoms with Crippen LogP contribution in [0.3, 0.4) is 0 Å². The third kappa shape index (κ3) is 6.14. The van der Waals surface area contributed by atoms with E-state index in [1.807, 2.05) is 0 Å². The molecule has 0 aliphatic carbocycles. The van der Waals surface area contributed by atoms with Crippen LogP contribution in [0.2, 0.25) is 18.1 Å². The van der Waals surface area contributed by atoms with Gasteiger partial charge in [-0.2, -0.15) is 0 Å². The molecule has 1 fully saturated rings. The normalized spacial score (nSPS) is 26.9. The standard InChI is InChI=1S/C22H35NO7Si/c1-14(25)23-17-19(30-31(6,7)22(2,3)4)18(16(13-24)28-21(17)27-5)29-20(26)15-11-9-8-10-12-15/h8-12,16-19,21,24H,13H2,1-7H3,(H,23,25)/t16-,17-,18-,19-,21+/m1/s1. The lowest BCUT2D eigenvalue weighted by Gasteiger charge is -2.49. The zero-order valence-corrected chi connectivity index (χ0v) is 20.4. The van der Waals surface area contributed by atoms with Crippen LogP contribution < -0.4 is 5.32 Å². The molecule has 1 heterocycles. The largest absolute Gasteiger partial charge is 0.453 e. The highest BCUT2D eigenvalue weighted by atomic mass is 28.4. The lowest BCUT2D eigenvalue weighted by molar-refractivity contribution is -0.259. The fraction of sp³-hybridized carbons (Fsp3) is 0.636. The molecule has 1 amide bonds. The molecule has 31 heavy (non-hydrogen) atoms. The molecule has 1 aromatic carbocycles. The summed E-state index contributed by atoms with van der Waals surface area (Å²) < 4.78 is 23.8. The summed E-state index contributed by atoms with van der Waals surface area (Å²) in [7, 11) is -0.925. The van der Waals surface area contributed by atoms with Gasteiger partial charge < -0.3 is 29.1 Å². The number of ether oxygens (including phenoxy) is 3. The topological polar surface area (TPSA) is 103 Å². The van der Waals surface area contributed by atoms with E-state index in [1.165, 1.54) is 14.0 Å². The van der Waals surface area contributed by atoms with Crippen molar-refractivity contribution in [3.05, 3.63) is 35.9 Å². The van der Waals surface area contributed by atoms with Crippen molar-refractivity contribution in [3.8, 4) is 0 Å². The molecule has 8 nitrogen and oxygen atoms in total. The maximum atomic E-state index is 12.8. The average molecular weight is 454 g/mol. The first-order valence-corrected chi connectivity index (χ1v) is 13.3. The van der Waals surface area contributed by atoms with Crippen LogP contribution in [-0.4, -0.2) is 69.7 Å². The van der Waals surface area contributed by atoms with E-state index in [1.54, 1.807) is 30.3 Å². The minimum atomic E-state index is -2.38. The Balaban J connectivity index is 2.46. The number of aliphatic hydroxyl groups is 1. The Morgan fingerprint density at radius 2 is 1.77 bits per heavy atom. The Bertz CT molecular complexity index is 750. The van der Waals surface area contributed by atoms with Crippen LogP contribution in [0, 0.1) is 0 Å². The molecule has 0 aromatic heterocycles. The second-order valence-corrected chi connectivity index (χ2v) is 14.0. The molecule has 0 saturated carbocycles. The average Bonchev–Trinajstić information content (AvgIpc) is 2.69. The Morgan fingerprint density at radius 1 is 1.16 bits per heavy atom.